The number of nitriles is 1. The van der Waals surface area contributed by atoms with Crippen molar-refractivity contribution in [3.8, 4) is 6.07 Å². The third kappa shape index (κ3) is 2.76. The van der Waals surface area contributed by atoms with Crippen LogP contribution < -0.4 is 0 Å². The molecular weight excluding hydrogens is 273 g/mol. The van der Waals surface area contributed by atoms with Gasteiger partial charge in [0.15, 0.2) is 0 Å². The van der Waals surface area contributed by atoms with Crippen LogP contribution in [-0.2, 0) is 12.6 Å². The van der Waals surface area contributed by atoms with E-state index in [0.717, 1.165) is 17.6 Å². The van der Waals surface area contributed by atoms with Gasteiger partial charge in [0.1, 0.15) is 6.07 Å². The highest BCUT2D eigenvalue weighted by Gasteiger charge is 2.33. The Balaban J connectivity index is 2.42. The fourth-order valence-corrected chi connectivity index (χ4v) is 2.65. The van der Waals surface area contributed by atoms with E-state index >= 15 is 0 Å². The topological polar surface area (TPSA) is 36.7 Å². The van der Waals surface area contributed by atoms with E-state index in [4.69, 9.17) is 5.26 Å². The summed E-state index contributed by atoms with van der Waals surface area (Å²) in [4.78, 5) is 0.566. The molecule has 0 aliphatic heterocycles. The summed E-state index contributed by atoms with van der Waals surface area (Å²) in [6.07, 6.45) is -4.31. The minimum atomic E-state index is -4.39. The number of aromatic nitrogens is 1. The minimum absolute atomic E-state index is 0.0735. The second-order valence-electron chi connectivity index (χ2n) is 4.01. The van der Waals surface area contributed by atoms with Gasteiger partial charge in [0.05, 0.1) is 16.8 Å². The molecule has 1 aromatic carbocycles. The van der Waals surface area contributed by atoms with Gasteiger partial charge in [0.25, 0.3) is 0 Å². The van der Waals surface area contributed by atoms with Gasteiger partial charge in [-0.25, -0.2) is 0 Å². The Morgan fingerprint density at radius 2 is 2.00 bits per heavy atom. The summed E-state index contributed by atoms with van der Waals surface area (Å²) in [7, 11) is 0. The number of alkyl halides is 3. The van der Waals surface area contributed by atoms with E-state index in [1.165, 1.54) is 12.1 Å². The maximum absolute atomic E-state index is 12.9. The van der Waals surface area contributed by atoms with Gasteiger partial charge in [0.2, 0.25) is 0 Å². The first-order valence-electron chi connectivity index (χ1n) is 5.44. The van der Waals surface area contributed by atoms with Crippen molar-refractivity contribution >= 4 is 11.5 Å². The van der Waals surface area contributed by atoms with Crippen LogP contribution in [0.15, 0.2) is 24.3 Å². The van der Waals surface area contributed by atoms with E-state index in [-0.39, 0.29) is 12.0 Å². The molecule has 1 aromatic heterocycles. The number of rotatable bonds is 2. The maximum atomic E-state index is 12.9. The molecule has 98 valence electrons. The van der Waals surface area contributed by atoms with Crippen molar-refractivity contribution in [3.05, 3.63) is 51.5 Å². The van der Waals surface area contributed by atoms with Crippen LogP contribution in [0.2, 0.25) is 0 Å². The van der Waals surface area contributed by atoms with Crippen molar-refractivity contribution in [2.45, 2.75) is 19.5 Å². The average molecular weight is 282 g/mol. The molecular formula is C13H9F3N2S. The van der Waals surface area contributed by atoms with Gasteiger partial charge in [0, 0.05) is 11.3 Å². The summed E-state index contributed by atoms with van der Waals surface area (Å²) >= 11 is 1.08. The van der Waals surface area contributed by atoms with Crippen LogP contribution >= 0.6 is 11.5 Å². The molecule has 19 heavy (non-hydrogen) atoms. The van der Waals surface area contributed by atoms with Crippen LogP contribution in [0.4, 0.5) is 13.2 Å². The monoisotopic (exact) mass is 282 g/mol. The zero-order chi connectivity index (χ0) is 14.0. The van der Waals surface area contributed by atoms with Crippen LogP contribution in [-0.4, -0.2) is 4.37 Å². The molecule has 0 N–H and O–H groups in total. The molecule has 0 unspecified atom stereocenters. The fourth-order valence-electron chi connectivity index (χ4n) is 1.80. The zero-order valence-corrected chi connectivity index (χ0v) is 10.8. The number of hydrogen-bond acceptors (Lipinski definition) is 3. The van der Waals surface area contributed by atoms with Crippen LogP contribution in [0.25, 0.3) is 0 Å². The lowest BCUT2D eigenvalue weighted by molar-refractivity contribution is -0.138. The highest BCUT2D eigenvalue weighted by molar-refractivity contribution is 7.06. The van der Waals surface area contributed by atoms with Gasteiger partial charge >= 0.3 is 6.18 Å². The molecule has 0 fully saturated rings. The van der Waals surface area contributed by atoms with Crippen LogP contribution in [0, 0.1) is 18.3 Å². The van der Waals surface area contributed by atoms with Crippen LogP contribution in [0.3, 0.4) is 0 Å². The molecule has 2 rings (SSSR count). The Kier molecular flexibility index (Phi) is 3.58. The molecule has 0 aliphatic carbocycles. The first-order chi connectivity index (χ1) is 8.93. The quantitative estimate of drug-likeness (QED) is 0.836. The molecule has 0 saturated heterocycles. The first kappa shape index (κ1) is 13.6. The van der Waals surface area contributed by atoms with E-state index in [1.807, 2.05) is 6.07 Å². The SMILES string of the molecule is Cc1nsc(Cc2ccccc2C(F)(F)F)c1C#N. The Labute approximate surface area is 112 Å². The van der Waals surface area contributed by atoms with E-state index in [1.54, 1.807) is 13.0 Å². The fraction of sp³-hybridized carbons (Fsp3) is 0.231. The lowest BCUT2D eigenvalue weighted by Gasteiger charge is -2.11. The lowest BCUT2D eigenvalue weighted by Crippen LogP contribution is -2.09. The van der Waals surface area contributed by atoms with Gasteiger partial charge in [-0.3, -0.25) is 0 Å². The minimum Gasteiger partial charge on any atom is -0.196 e. The van der Waals surface area contributed by atoms with Gasteiger partial charge in [-0.2, -0.15) is 22.8 Å². The third-order valence-corrected chi connectivity index (χ3v) is 3.65. The first-order valence-corrected chi connectivity index (χ1v) is 6.21. The Bertz CT molecular complexity index is 638. The largest absolute Gasteiger partial charge is 0.416 e. The van der Waals surface area contributed by atoms with Gasteiger partial charge in [-0.1, -0.05) is 18.2 Å². The standard InChI is InChI=1S/C13H9F3N2S/c1-8-10(7-17)12(19-18-8)6-9-4-2-3-5-11(9)13(14,15)16/h2-5H,6H2,1H3. The van der Waals surface area contributed by atoms with E-state index < -0.39 is 11.7 Å². The predicted molar refractivity (Wildman–Crippen MR) is 65.8 cm³/mol. The molecule has 0 atom stereocenters. The highest BCUT2D eigenvalue weighted by atomic mass is 32.1. The molecule has 0 spiro atoms. The summed E-state index contributed by atoms with van der Waals surface area (Å²) in [6.45, 7) is 1.67. The molecule has 2 aromatic rings. The molecule has 0 bridgehead atoms. The van der Waals surface area contributed by atoms with Crippen molar-refractivity contribution in [2.75, 3.05) is 0 Å². The van der Waals surface area contributed by atoms with Crippen molar-refractivity contribution < 1.29 is 13.2 Å². The summed E-state index contributed by atoms with van der Waals surface area (Å²) in [5, 5.41) is 8.99. The van der Waals surface area contributed by atoms with Gasteiger partial charge in [-0.15, -0.1) is 0 Å². The van der Waals surface area contributed by atoms with Crippen molar-refractivity contribution in [3.63, 3.8) is 0 Å². The van der Waals surface area contributed by atoms with E-state index in [2.05, 4.69) is 4.37 Å². The Hall–Kier alpha value is -1.87. The summed E-state index contributed by atoms with van der Waals surface area (Å²) in [6, 6.07) is 7.39. The van der Waals surface area contributed by atoms with Crippen molar-refractivity contribution in [1.29, 1.82) is 5.26 Å². The second kappa shape index (κ2) is 5.02. The average Bonchev–Trinajstić information content (AvgIpc) is 2.69. The zero-order valence-electron chi connectivity index (χ0n) is 9.95. The normalized spacial score (nSPS) is 11.3. The number of benzene rings is 1. The third-order valence-electron chi connectivity index (χ3n) is 2.72. The number of nitrogens with zero attached hydrogens (tertiary/aromatic N) is 2. The van der Waals surface area contributed by atoms with E-state index in [9.17, 15) is 13.2 Å². The number of aryl methyl sites for hydroxylation is 1. The Morgan fingerprint density at radius 3 is 2.63 bits per heavy atom. The molecule has 2 nitrogen and oxygen atoms in total. The smallest absolute Gasteiger partial charge is 0.196 e. The molecule has 0 saturated carbocycles. The second-order valence-corrected chi connectivity index (χ2v) is 4.87. The van der Waals surface area contributed by atoms with Gasteiger partial charge in [-0.05, 0) is 30.1 Å². The van der Waals surface area contributed by atoms with E-state index in [0.29, 0.717) is 16.1 Å². The number of halogens is 3. The van der Waals surface area contributed by atoms with Crippen molar-refractivity contribution in [2.24, 2.45) is 0 Å². The summed E-state index contributed by atoms with van der Waals surface area (Å²) in [5.74, 6) is 0. The summed E-state index contributed by atoms with van der Waals surface area (Å²) in [5.41, 5.74) is 0.439. The molecule has 1 heterocycles. The molecule has 0 radical (unpaired) electrons. The summed E-state index contributed by atoms with van der Waals surface area (Å²) < 4.78 is 42.6. The Morgan fingerprint density at radius 1 is 1.32 bits per heavy atom. The highest BCUT2D eigenvalue weighted by Crippen LogP contribution is 2.33. The van der Waals surface area contributed by atoms with Crippen molar-refractivity contribution in [1.82, 2.24) is 4.37 Å². The molecule has 6 heteroatoms. The molecule has 0 aliphatic rings. The molecule has 0 amide bonds. The lowest BCUT2D eigenvalue weighted by atomic mass is 10.0. The predicted octanol–water partition coefficient (Wildman–Crippen LogP) is 3.93. The van der Waals surface area contributed by atoms with Crippen LogP contribution in [0.5, 0.6) is 0 Å². The van der Waals surface area contributed by atoms with Gasteiger partial charge < -0.3 is 0 Å². The van der Waals surface area contributed by atoms with Crippen LogP contribution in [0.1, 0.15) is 27.3 Å². The maximum Gasteiger partial charge on any atom is 0.416 e. The number of hydrogen-bond donors (Lipinski definition) is 0.